The third-order valence-electron chi connectivity index (χ3n) is 3.03. The van der Waals surface area contributed by atoms with Gasteiger partial charge in [-0.15, -0.1) is 0 Å². The van der Waals surface area contributed by atoms with Crippen LogP contribution in [0.15, 0.2) is 24.3 Å². The summed E-state index contributed by atoms with van der Waals surface area (Å²) in [5.74, 6) is 1.96. The quantitative estimate of drug-likeness (QED) is 0.739. The maximum atomic E-state index is 6.21. The summed E-state index contributed by atoms with van der Waals surface area (Å²) < 4.78 is 5.69. The Morgan fingerprint density at radius 1 is 1.36 bits per heavy atom. The standard InChI is InChI=1S/C12H17NO/c1-8(2)10-7-14-11-6-4-3-5-9(11)12(10)13/h3-6,8,10,12H,7,13H2,1-2H3/t10-,12-/m0/s1. The van der Waals surface area contributed by atoms with Gasteiger partial charge in [-0.1, -0.05) is 32.0 Å². The van der Waals surface area contributed by atoms with E-state index in [2.05, 4.69) is 19.9 Å². The van der Waals surface area contributed by atoms with Crippen molar-refractivity contribution in [3.63, 3.8) is 0 Å². The number of hydrogen-bond donors (Lipinski definition) is 1. The van der Waals surface area contributed by atoms with Gasteiger partial charge in [0.05, 0.1) is 6.61 Å². The number of fused-ring (bicyclic) bond motifs is 1. The Labute approximate surface area is 85.1 Å². The molecule has 2 N–H and O–H groups in total. The fraction of sp³-hybridized carbons (Fsp3) is 0.500. The van der Waals surface area contributed by atoms with Gasteiger partial charge in [0.15, 0.2) is 0 Å². The number of rotatable bonds is 1. The molecule has 1 aliphatic rings. The maximum Gasteiger partial charge on any atom is 0.124 e. The van der Waals surface area contributed by atoms with Gasteiger partial charge in [0.1, 0.15) is 5.75 Å². The molecular formula is C12H17NO. The predicted molar refractivity (Wildman–Crippen MR) is 57.2 cm³/mol. The molecule has 14 heavy (non-hydrogen) atoms. The lowest BCUT2D eigenvalue weighted by Crippen LogP contribution is -2.34. The molecule has 76 valence electrons. The smallest absolute Gasteiger partial charge is 0.124 e. The molecule has 0 bridgehead atoms. The summed E-state index contributed by atoms with van der Waals surface area (Å²) in [5.41, 5.74) is 7.36. The highest BCUT2D eigenvalue weighted by Gasteiger charge is 2.29. The summed E-state index contributed by atoms with van der Waals surface area (Å²) in [6, 6.07) is 8.19. The zero-order valence-corrected chi connectivity index (χ0v) is 8.73. The molecule has 1 aliphatic heterocycles. The molecule has 1 aromatic carbocycles. The topological polar surface area (TPSA) is 35.2 Å². The summed E-state index contributed by atoms with van der Waals surface area (Å²) in [4.78, 5) is 0. The molecule has 0 radical (unpaired) electrons. The largest absolute Gasteiger partial charge is 0.493 e. The predicted octanol–water partition coefficient (Wildman–Crippen LogP) is 2.35. The van der Waals surface area contributed by atoms with Crippen molar-refractivity contribution in [2.75, 3.05) is 6.61 Å². The molecule has 0 amide bonds. The minimum atomic E-state index is 0.125. The molecule has 1 heterocycles. The molecule has 0 aliphatic carbocycles. The van der Waals surface area contributed by atoms with Gasteiger partial charge in [-0.3, -0.25) is 0 Å². The third kappa shape index (κ3) is 1.50. The normalized spacial score (nSPS) is 25.7. The van der Waals surface area contributed by atoms with Gasteiger partial charge in [-0.05, 0) is 12.0 Å². The minimum absolute atomic E-state index is 0.125. The lowest BCUT2D eigenvalue weighted by Gasteiger charge is -2.33. The van der Waals surface area contributed by atoms with Gasteiger partial charge in [0, 0.05) is 17.5 Å². The second-order valence-corrected chi connectivity index (χ2v) is 4.28. The van der Waals surface area contributed by atoms with Crippen LogP contribution in [0.3, 0.4) is 0 Å². The highest BCUT2D eigenvalue weighted by molar-refractivity contribution is 5.37. The van der Waals surface area contributed by atoms with Crippen molar-refractivity contribution in [2.24, 2.45) is 17.6 Å². The summed E-state index contributed by atoms with van der Waals surface area (Å²) in [6.45, 7) is 5.14. The van der Waals surface area contributed by atoms with E-state index in [1.54, 1.807) is 0 Å². The fourth-order valence-corrected chi connectivity index (χ4v) is 2.01. The number of benzene rings is 1. The van der Waals surface area contributed by atoms with Crippen LogP contribution in [0, 0.1) is 11.8 Å². The van der Waals surface area contributed by atoms with E-state index in [0.29, 0.717) is 11.8 Å². The SMILES string of the molecule is CC(C)[C@@H]1COc2ccccc2[C@@H]1N. The van der Waals surface area contributed by atoms with E-state index < -0.39 is 0 Å². The fourth-order valence-electron chi connectivity index (χ4n) is 2.01. The van der Waals surface area contributed by atoms with Gasteiger partial charge >= 0.3 is 0 Å². The molecule has 2 atom stereocenters. The summed E-state index contributed by atoms with van der Waals surface area (Å²) >= 11 is 0. The first-order valence-corrected chi connectivity index (χ1v) is 5.17. The highest BCUT2D eigenvalue weighted by Crippen LogP contribution is 2.36. The first-order chi connectivity index (χ1) is 6.70. The van der Waals surface area contributed by atoms with Crippen LogP contribution in [-0.4, -0.2) is 6.61 Å². The van der Waals surface area contributed by atoms with Gasteiger partial charge in [-0.2, -0.15) is 0 Å². The second kappa shape index (κ2) is 3.62. The van der Waals surface area contributed by atoms with E-state index in [1.165, 1.54) is 0 Å². The van der Waals surface area contributed by atoms with Crippen LogP contribution in [0.5, 0.6) is 5.75 Å². The van der Waals surface area contributed by atoms with E-state index in [1.807, 2.05) is 18.2 Å². The average Bonchev–Trinajstić information content (AvgIpc) is 2.18. The Hall–Kier alpha value is -1.02. The van der Waals surface area contributed by atoms with Crippen molar-refractivity contribution >= 4 is 0 Å². The van der Waals surface area contributed by atoms with Crippen LogP contribution in [0.25, 0.3) is 0 Å². The lowest BCUT2D eigenvalue weighted by molar-refractivity contribution is 0.156. The van der Waals surface area contributed by atoms with Crippen LogP contribution >= 0.6 is 0 Å². The Balaban J connectivity index is 2.31. The maximum absolute atomic E-state index is 6.21. The second-order valence-electron chi connectivity index (χ2n) is 4.28. The number of para-hydroxylation sites is 1. The molecule has 1 aromatic rings. The minimum Gasteiger partial charge on any atom is -0.493 e. The van der Waals surface area contributed by atoms with Gasteiger partial charge < -0.3 is 10.5 Å². The van der Waals surface area contributed by atoms with Crippen molar-refractivity contribution < 1.29 is 4.74 Å². The number of hydrogen-bond acceptors (Lipinski definition) is 2. The Bertz CT molecular complexity index is 322. The molecule has 2 nitrogen and oxygen atoms in total. The zero-order chi connectivity index (χ0) is 10.1. The molecule has 0 fully saturated rings. The van der Waals surface area contributed by atoms with Crippen LogP contribution in [0.1, 0.15) is 25.5 Å². The van der Waals surface area contributed by atoms with Crippen LogP contribution in [0.2, 0.25) is 0 Å². The summed E-state index contributed by atoms with van der Waals surface area (Å²) in [5, 5.41) is 0. The van der Waals surface area contributed by atoms with E-state index in [-0.39, 0.29) is 6.04 Å². The van der Waals surface area contributed by atoms with Crippen LogP contribution < -0.4 is 10.5 Å². The van der Waals surface area contributed by atoms with Crippen molar-refractivity contribution in [2.45, 2.75) is 19.9 Å². The van der Waals surface area contributed by atoms with Crippen molar-refractivity contribution in [1.82, 2.24) is 0 Å². The van der Waals surface area contributed by atoms with Crippen LogP contribution in [0.4, 0.5) is 0 Å². The van der Waals surface area contributed by atoms with Gasteiger partial charge in [-0.25, -0.2) is 0 Å². The van der Waals surface area contributed by atoms with Crippen molar-refractivity contribution in [3.05, 3.63) is 29.8 Å². The molecular weight excluding hydrogens is 174 g/mol. The van der Waals surface area contributed by atoms with Crippen molar-refractivity contribution in [1.29, 1.82) is 0 Å². The van der Waals surface area contributed by atoms with Gasteiger partial charge in [0.25, 0.3) is 0 Å². The summed E-state index contributed by atoms with van der Waals surface area (Å²) in [7, 11) is 0. The molecule has 0 saturated heterocycles. The van der Waals surface area contributed by atoms with E-state index in [0.717, 1.165) is 17.9 Å². The Kier molecular flexibility index (Phi) is 2.46. The zero-order valence-electron chi connectivity index (χ0n) is 8.73. The molecule has 0 spiro atoms. The van der Waals surface area contributed by atoms with E-state index in [4.69, 9.17) is 10.5 Å². The molecule has 2 rings (SSSR count). The van der Waals surface area contributed by atoms with E-state index in [9.17, 15) is 0 Å². The molecule has 0 aromatic heterocycles. The molecule has 0 unspecified atom stereocenters. The average molecular weight is 191 g/mol. The number of ether oxygens (including phenoxy) is 1. The highest BCUT2D eigenvalue weighted by atomic mass is 16.5. The van der Waals surface area contributed by atoms with Crippen LogP contribution in [-0.2, 0) is 0 Å². The van der Waals surface area contributed by atoms with E-state index >= 15 is 0 Å². The summed E-state index contributed by atoms with van der Waals surface area (Å²) in [6.07, 6.45) is 0. The Morgan fingerprint density at radius 3 is 2.79 bits per heavy atom. The lowest BCUT2D eigenvalue weighted by atomic mass is 9.84. The molecule has 2 heteroatoms. The van der Waals surface area contributed by atoms with Crippen molar-refractivity contribution in [3.8, 4) is 5.75 Å². The molecule has 0 saturated carbocycles. The first-order valence-electron chi connectivity index (χ1n) is 5.17. The monoisotopic (exact) mass is 191 g/mol. The Morgan fingerprint density at radius 2 is 2.07 bits per heavy atom. The van der Waals surface area contributed by atoms with Gasteiger partial charge in [0.2, 0.25) is 0 Å². The first kappa shape index (κ1) is 9.53. The third-order valence-corrected chi connectivity index (χ3v) is 3.03. The number of nitrogens with two attached hydrogens (primary N) is 1.